The lowest BCUT2D eigenvalue weighted by Gasteiger charge is -2.34. The Labute approximate surface area is 80.3 Å². The first kappa shape index (κ1) is 9.20. The van der Waals surface area contributed by atoms with Crippen LogP contribution in [0.25, 0.3) is 0 Å². The van der Waals surface area contributed by atoms with Crippen molar-refractivity contribution >= 4 is 5.78 Å². The van der Waals surface area contributed by atoms with E-state index in [1.165, 1.54) is 19.3 Å². The Kier molecular flexibility index (Phi) is 2.68. The SMILES string of the molecule is CC1CCCC1N1CCC(=O)CC1. The van der Waals surface area contributed by atoms with Gasteiger partial charge in [0.2, 0.25) is 0 Å². The fourth-order valence-electron chi connectivity index (χ4n) is 2.77. The van der Waals surface area contributed by atoms with Gasteiger partial charge in [0.25, 0.3) is 0 Å². The molecule has 0 aromatic rings. The fourth-order valence-corrected chi connectivity index (χ4v) is 2.77. The second-order valence-corrected chi connectivity index (χ2v) is 4.55. The third kappa shape index (κ3) is 1.93. The number of likely N-dealkylation sites (tertiary alicyclic amines) is 1. The summed E-state index contributed by atoms with van der Waals surface area (Å²) in [6.07, 6.45) is 5.72. The minimum absolute atomic E-state index is 0.460. The number of ketones is 1. The Morgan fingerprint density at radius 1 is 1.23 bits per heavy atom. The first-order valence-electron chi connectivity index (χ1n) is 5.53. The first-order chi connectivity index (χ1) is 6.27. The normalized spacial score (nSPS) is 36.8. The highest BCUT2D eigenvalue weighted by Crippen LogP contribution is 2.30. The molecule has 2 heteroatoms. The van der Waals surface area contributed by atoms with Gasteiger partial charge in [-0.3, -0.25) is 9.69 Å². The molecule has 2 nitrogen and oxygen atoms in total. The molecule has 2 aliphatic rings. The van der Waals surface area contributed by atoms with Crippen molar-refractivity contribution in [3.05, 3.63) is 0 Å². The summed E-state index contributed by atoms with van der Waals surface area (Å²) < 4.78 is 0. The van der Waals surface area contributed by atoms with Crippen LogP contribution in [0.3, 0.4) is 0 Å². The van der Waals surface area contributed by atoms with E-state index in [4.69, 9.17) is 0 Å². The average Bonchev–Trinajstić information content (AvgIpc) is 2.53. The molecular weight excluding hydrogens is 162 g/mol. The average molecular weight is 181 g/mol. The van der Waals surface area contributed by atoms with Crippen LogP contribution in [-0.2, 0) is 4.79 Å². The summed E-state index contributed by atoms with van der Waals surface area (Å²) in [5.41, 5.74) is 0. The van der Waals surface area contributed by atoms with Crippen LogP contribution in [0.1, 0.15) is 39.0 Å². The maximum atomic E-state index is 11.1. The van der Waals surface area contributed by atoms with Gasteiger partial charge in [0, 0.05) is 32.0 Å². The summed E-state index contributed by atoms with van der Waals surface area (Å²) in [4.78, 5) is 13.6. The second-order valence-electron chi connectivity index (χ2n) is 4.55. The van der Waals surface area contributed by atoms with E-state index in [9.17, 15) is 4.79 Å². The maximum Gasteiger partial charge on any atom is 0.135 e. The molecule has 1 saturated heterocycles. The third-order valence-electron chi connectivity index (χ3n) is 3.64. The van der Waals surface area contributed by atoms with Crippen molar-refractivity contribution in [2.45, 2.75) is 45.1 Å². The van der Waals surface area contributed by atoms with Gasteiger partial charge in [-0.15, -0.1) is 0 Å². The molecule has 2 fully saturated rings. The predicted octanol–water partition coefficient (Wildman–Crippen LogP) is 1.84. The van der Waals surface area contributed by atoms with E-state index in [-0.39, 0.29) is 0 Å². The molecule has 0 aromatic heterocycles. The van der Waals surface area contributed by atoms with Gasteiger partial charge >= 0.3 is 0 Å². The standard InChI is InChI=1S/C11H19NO/c1-9-3-2-4-11(9)12-7-5-10(13)6-8-12/h9,11H,2-8H2,1H3. The first-order valence-corrected chi connectivity index (χ1v) is 5.53. The molecule has 2 atom stereocenters. The lowest BCUT2D eigenvalue weighted by Crippen LogP contribution is -2.42. The molecular formula is C11H19NO. The summed E-state index contributed by atoms with van der Waals surface area (Å²) in [6.45, 7) is 4.40. The van der Waals surface area contributed by atoms with E-state index in [0.29, 0.717) is 5.78 Å². The van der Waals surface area contributed by atoms with Crippen molar-refractivity contribution in [3.63, 3.8) is 0 Å². The van der Waals surface area contributed by atoms with Crippen molar-refractivity contribution in [2.24, 2.45) is 5.92 Å². The van der Waals surface area contributed by atoms with Crippen LogP contribution in [0.5, 0.6) is 0 Å². The van der Waals surface area contributed by atoms with E-state index in [1.54, 1.807) is 0 Å². The van der Waals surface area contributed by atoms with Crippen LogP contribution in [0, 0.1) is 5.92 Å². The molecule has 1 saturated carbocycles. The number of nitrogens with zero attached hydrogens (tertiary/aromatic N) is 1. The minimum Gasteiger partial charge on any atom is -0.300 e. The molecule has 0 radical (unpaired) electrons. The zero-order valence-corrected chi connectivity index (χ0v) is 8.46. The zero-order valence-electron chi connectivity index (χ0n) is 8.46. The van der Waals surface area contributed by atoms with Crippen molar-refractivity contribution in [2.75, 3.05) is 13.1 Å². The van der Waals surface area contributed by atoms with E-state index < -0.39 is 0 Å². The highest BCUT2D eigenvalue weighted by Gasteiger charge is 2.30. The molecule has 0 aromatic carbocycles. The van der Waals surface area contributed by atoms with Gasteiger partial charge in [0.05, 0.1) is 0 Å². The molecule has 13 heavy (non-hydrogen) atoms. The van der Waals surface area contributed by atoms with Crippen LogP contribution in [0.2, 0.25) is 0 Å². The largest absolute Gasteiger partial charge is 0.300 e. The van der Waals surface area contributed by atoms with Gasteiger partial charge in [-0.2, -0.15) is 0 Å². The number of Topliss-reactive ketones (excluding diaryl/α,β-unsaturated/α-hetero) is 1. The molecule has 1 aliphatic carbocycles. The van der Waals surface area contributed by atoms with Gasteiger partial charge in [0.15, 0.2) is 0 Å². The van der Waals surface area contributed by atoms with E-state index >= 15 is 0 Å². The fraction of sp³-hybridized carbons (Fsp3) is 0.909. The molecule has 1 heterocycles. The molecule has 2 unspecified atom stereocenters. The van der Waals surface area contributed by atoms with E-state index in [2.05, 4.69) is 11.8 Å². The quantitative estimate of drug-likeness (QED) is 0.615. The molecule has 74 valence electrons. The Hall–Kier alpha value is -0.370. The minimum atomic E-state index is 0.460. The van der Waals surface area contributed by atoms with Crippen LogP contribution in [-0.4, -0.2) is 29.8 Å². The van der Waals surface area contributed by atoms with Crippen molar-refractivity contribution in [3.8, 4) is 0 Å². The Morgan fingerprint density at radius 2 is 1.92 bits per heavy atom. The number of carbonyl (C=O) groups is 1. The summed E-state index contributed by atoms with van der Waals surface area (Å²) >= 11 is 0. The zero-order chi connectivity index (χ0) is 9.26. The van der Waals surface area contributed by atoms with Gasteiger partial charge in [-0.25, -0.2) is 0 Å². The summed E-state index contributed by atoms with van der Waals surface area (Å²) in [7, 11) is 0. The molecule has 0 N–H and O–H groups in total. The second kappa shape index (κ2) is 3.79. The monoisotopic (exact) mass is 181 g/mol. The summed E-state index contributed by atoms with van der Waals surface area (Å²) in [5, 5.41) is 0. The highest BCUT2D eigenvalue weighted by molar-refractivity contribution is 5.79. The number of rotatable bonds is 1. The lowest BCUT2D eigenvalue weighted by atomic mass is 10.0. The van der Waals surface area contributed by atoms with Crippen LogP contribution >= 0.6 is 0 Å². The van der Waals surface area contributed by atoms with Crippen LogP contribution < -0.4 is 0 Å². The van der Waals surface area contributed by atoms with Crippen molar-refractivity contribution < 1.29 is 4.79 Å². The number of carbonyl (C=O) groups excluding carboxylic acids is 1. The Bertz CT molecular complexity index is 192. The number of piperidine rings is 1. The molecule has 0 spiro atoms. The smallest absolute Gasteiger partial charge is 0.135 e. The molecule has 2 rings (SSSR count). The Balaban J connectivity index is 1.90. The van der Waals surface area contributed by atoms with E-state index in [0.717, 1.165) is 37.9 Å². The molecule has 1 aliphatic heterocycles. The van der Waals surface area contributed by atoms with Crippen LogP contribution in [0.4, 0.5) is 0 Å². The predicted molar refractivity (Wildman–Crippen MR) is 52.6 cm³/mol. The highest BCUT2D eigenvalue weighted by atomic mass is 16.1. The number of hydrogen-bond donors (Lipinski definition) is 0. The summed E-state index contributed by atoms with van der Waals surface area (Å²) in [6, 6.07) is 0.785. The van der Waals surface area contributed by atoms with Crippen molar-refractivity contribution in [1.82, 2.24) is 4.90 Å². The number of hydrogen-bond acceptors (Lipinski definition) is 2. The van der Waals surface area contributed by atoms with Gasteiger partial charge < -0.3 is 0 Å². The lowest BCUT2D eigenvalue weighted by molar-refractivity contribution is -0.122. The van der Waals surface area contributed by atoms with Gasteiger partial charge in [0.1, 0.15) is 5.78 Å². The topological polar surface area (TPSA) is 20.3 Å². The molecule has 0 amide bonds. The summed E-state index contributed by atoms with van der Waals surface area (Å²) in [5.74, 6) is 1.31. The van der Waals surface area contributed by atoms with Crippen molar-refractivity contribution in [1.29, 1.82) is 0 Å². The van der Waals surface area contributed by atoms with E-state index in [1.807, 2.05) is 0 Å². The van der Waals surface area contributed by atoms with Gasteiger partial charge in [-0.05, 0) is 18.8 Å². The van der Waals surface area contributed by atoms with Crippen LogP contribution in [0.15, 0.2) is 0 Å². The third-order valence-corrected chi connectivity index (χ3v) is 3.64. The molecule has 0 bridgehead atoms. The maximum absolute atomic E-state index is 11.1. The Morgan fingerprint density at radius 3 is 2.46 bits per heavy atom. The van der Waals surface area contributed by atoms with Gasteiger partial charge in [-0.1, -0.05) is 13.3 Å².